The van der Waals surface area contributed by atoms with Gasteiger partial charge >= 0.3 is 0 Å². The lowest BCUT2D eigenvalue weighted by Gasteiger charge is -2.38. The maximum Gasteiger partial charge on any atom is 0.295 e. The topological polar surface area (TPSA) is 93.4 Å². The lowest BCUT2D eigenvalue weighted by atomic mass is 9.63. The maximum atomic E-state index is 13.3. The Balaban J connectivity index is 1.44. The lowest BCUT2D eigenvalue weighted by Crippen LogP contribution is -2.48. The second-order valence-corrected chi connectivity index (χ2v) is 9.24. The monoisotopic (exact) mass is 448 g/mol. The fourth-order valence-electron chi connectivity index (χ4n) is 5.81. The highest BCUT2D eigenvalue weighted by molar-refractivity contribution is 6.10. The SMILES string of the molecule is CCC(C(=O)Nc1c(C)n(C)n(-c2ccccc2)c1=O)N1C(=O)C2C3C=CC(CC3)C2C1=O. The van der Waals surface area contributed by atoms with Crippen LogP contribution < -0.4 is 10.9 Å². The summed E-state index contributed by atoms with van der Waals surface area (Å²) < 4.78 is 3.16. The van der Waals surface area contributed by atoms with E-state index >= 15 is 0 Å². The van der Waals surface area contributed by atoms with Gasteiger partial charge in [0.1, 0.15) is 11.7 Å². The Bertz CT molecular complexity index is 1190. The van der Waals surface area contributed by atoms with Crippen molar-refractivity contribution in [2.75, 3.05) is 5.32 Å². The zero-order valence-corrected chi connectivity index (χ0v) is 19.0. The normalized spacial score (nSPS) is 26.6. The van der Waals surface area contributed by atoms with E-state index in [4.69, 9.17) is 0 Å². The first kappa shape index (κ1) is 21.4. The van der Waals surface area contributed by atoms with Gasteiger partial charge in [0.2, 0.25) is 17.7 Å². The highest BCUT2D eigenvalue weighted by atomic mass is 16.2. The van der Waals surface area contributed by atoms with E-state index in [0.717, 1.165) is 12.8 Å². The van der Waals surface area contributed by atoms with Gasteiger partial charge in [-0.1, -0.05) is 37.3 Å². The van der Waals surface area contributed by atoms with E-state index in [0.29, 0.717) is 11.4 Å². The number of likely N-dealkylation sites (tertiary alicyclic amines) is 1. The molecular weight excluding hydrogens is 420 g/mol. The van der Waals surface area contributed by atoms with Crippen molar-refractivity contribution in [1.82, 2.24) is 14.3 Å². The molecule has 5 unspecified atom stereocenters. The molecule has 6 rings (SSSR count). The number of carbonyl (C=O) groups excluding carboxylic acids is 3. The molecule has 2 fully saturated rings. The molecule has 3 amide bonds. The van der Waals surface area contributed by atoms with E-state index in [1.165, 1.54) is 9.58 Å². The van der Waals surface area contributed by atoms with Crippen LogP contribution in [-0.4, -0.2) is 38.0 Å². The molecule has 1 aromatic carbocycles. The van der Waals surface area contributed by atoms with Gasteiger partial charge in [0.15, 0.2) is 0 Å². The van der Waals surface area contributed by atoms with Crippen LogP contribution in [0.1, 0.15) is 31.9 Å². The minimum atomic E-state index is -0.945. The van der Waals surface area contributed by atoms with Gasteiger partial charge in [-0.2, -0.15) is 0 Å². The largest absolute Gasteiger partial charge is 0.318 e. The van der Waals surface area contributed by atoms with Crippen molar-refractivity contribution in [2.45, 2.75) is 39.2 Å². The van der Waals surface area contributed by atoms with Crippen molar-refractivity contribution in [1.29, 1.82) is 0 Å². The highest BCUT2D eigenvalue weighted by Crippen LogP contribution is 2.50. The Hall–Kier alpha value is -3.42. The molecular formula is C25H28N4O4. The van der Waals surface area contributed by atoms with Gasteiger partial charge in [0.05, 0.1) is 23.2 Å². The molecule has 0 spiro atoms. The molecule has 1 saturated carbocycles. The highest BCUT2D eigenvalue weighted by Gasteiger charge is 2.58. The molecule has 1 N–H and O–H groups in total. The van der Waals surface area contributed by atoms with Crippen LogP contribution in [0.5, 0.6) is 0 Å². The summed E-state index contributed by atoms with van der Waals surface area (Å²) in [5.74, 6) is -1.61. The first-order valence-electron chi connectivity index (χ1n) is 11.5. The number of amides is 3. The molecule has 8 heteroatoms. The van der Waals surface area contributed by atoms with Gasteiger partial charge < -0.3 is 5.32 Å². The van der Waals surface area contributed by atoms with Crippen LogP contribution in [0, 0.1) is 30.6 Å². The number of hydrogen-bond donors (Lipinski definition) is 1. The standard InChI is InChI=1S/C25H28N4O4/c1-4-18(28-23(31)19-15-10-11-16(13-12-15)20(19)24(28)32)22(30)26-21-14(2)27(3)29(25(21)33)17-8-6-5-7-9-17/h5-11,15-16,18-20H,4,12-13H2,1-3H3,(H,26,30). The number of carbonyl (C=O) groups is 3. The van der Waals surface area contributed by atoms with E-state index in [-0.39, 0.29) is 53.2 Å². The minimum Gasteiger partial charge on any atom is -0.318 e. The number of hydrogen-bond acceptors (Lipinski definition) is 4. The van der Waals surface area contributed by atoms with Crippen LogP contribution in [0.4, 0.5) is 5.69 Å². The van der Waals surface area contributed by atoms with E-state index in [9.17, 15) is 19.2 Å². The number of imide groups is 1. The van der Waals surface area contributed by atoms with Gasteiger partial charge in [-0.05, 0) is 50.2 Å². The zero-order valence-electron chi connectivity index (χ0n) is 19.0. The van der Waals surface area contributed by atoms with Gasteiger partial charge in [-0.15, -0.1) is 0 Å². The number of allylic oxidation sites excluding steroid dienone is 2. The number of rotatable bonds is 5. The second kappa shape index (κ2) is 7.86. The summed E-state index contributed by atoms with van der Waals surface area (Å²) in [6.45, 7) is 3.53. The lowest BCUT2D eigenvalue weighted by molar-refractivity contribution is -0.146. The summed E-state index contributed by atoms with van der Waals surface area (Å²) in [6.07, 6.45) is 6.21. The summed E-state index contributed by atoms with van der Waals surface area (Å²) >= 11 is 0. The molecule has 1 saturated heterocycles. The summed E-state index contributed by atoms with van der Waals surface area (Å²) in [6, 6.07) is 8.21. The Morgan fingerprint density at radius 3 is 2.12 bits per heavy atom. The molecule has 33 heavy (non-hydrogen) atoms. The van der Waals surface area contributed by atoms with Gasteiger partial charge in [-0.3, -0.25) is 28.8 Å². The van der Waals surface area contributed by atoms with Crippen LogP contribution in [0.3, 0.4) is 0 Å². The fourth-order valence-corrected chi connectivity index (χ4v) is 5.81. The molecule has 5 atom stereocenters. The fraction of sp³-hybridized carbons (Fsp3) is 0.440. The molecule has 2 bridgehead atoms. The van der Waals surface area contributed by atoms with E-state index in [2.05, 4.69) is 17.5 Å². The van der Waals surface area contributed by atoms with Crippen molar-refractivity contribution in [3.8, 4) is 5.69 Å². The summed E-state index contributed by atoms with van der Waals surface area (Å²) in [5.41, 5.74) is 1.06. The second-order valence-electron chi connectivity index (χ2n) is 9.24. The van der Waals surface area contributed by atoms with Crippen LogP contribution in [0.2, 0.25) is 0 Å². The van der Waals surface area contributed by atoms with Crippen molar-refractivity contribution >= 4 is 23.4 Å². The van der Waals surface area contributed by atoms with Gasteiger partial charge in [0.25, 0.3) is 5.56 Å². The van der Waals surface area contributed by atoms with E-state index < -0.39 is 11.9 Å². The average Bonchev–Trinajstić information content (AvgIpc) is 3.22. The zero-order chi connectivity index (χ0) is 23.4. The smallest absolute Gasteiger partial charge is 0.295 e. The molecule has 0 radical (unpaired) electrons. The van der Waals surface area contributed by atoms with Crippen molar-refractivity contribution in [3.63, 3.8) is 0 Å². The third kappa shape index (κ3) is 3.11. The van der Waals surface area contributed by atoms with E-state index in [1.54, 1.807) is 25.6 Å². The number of fused-ring (bicyclic) bond motifs is 1. The van der Waals surface area contributed by atoms with Crippen LogP contribution in [0.15, 0.2) is 47.3 Å². The molecule has 2 aromatic rings. The van der Waals surface area contributed by atoms with Crippen molar-refractivity contribution < 1.29 is 14.4 Å². The number of para-hydroxylation sites is 1. The van der Waals surface area contributed by atoms with Crippen LogP contribution >= 0.6 is 0 Å². The number of aromatic nitrogens is 2. The van der Waals surface area contributed by atoms with Crippen LogP contribution in [-0.2, 0) is 21.4 Å². The molecule has 4 aliphatic rings. The molecule has 3 aliphatic carbocycles. The van der Waals surface area contributed by atoms with Gasteiger partial charge in [0, 0.05) is 7.05 Å². The Morgan fingerprint density at radius 2 is 1.61 bits per heavy atom. The molecule has 1 aromatic heterocycles. The first-order chi connectivity index (χ1) is 15.8. The number of nitrogens with one attached hydrogen (secondary N) is 1. The molecule has 2 heterocycles. The first-order valence-corrected chi connectivity index (χ1v) is 11.5. The molecule has 172 valence electrons. The summed E-state index contributed by atoms with van der Waals surface area (Å²) in [4.78, 5) is 54.3. The Morgan fingerprint density at radius 1 is 1.03 bits per heavy atom. The Labute approximate surface area is 191 Å². The van der Waals surface area contributed by atoms with Crippen molar-refractivity contribution in [2.24, 2.45) is 30.7 Å². The van der Waals surface area contributed by atoms with Crippen molar-refractivity contribution in [3.05, 3.63) is 58.5 Å². The Kier molecular flexibility index (Phi) is 5.11. The molecule has 1 aliphatic heterocycles. The molecule has 8 nitrogen and oxygen atoms in total. The predicted molar refractivity (Wildman–Crippen MR) is 123 cm³/mol. The summed E-state index contributed by atoms with van der Waals surface area (Å²) in [5, 5.41) is 2.74. The third-order valence-corrected chi connectivity index (χ3v) is 7.60. The number of nitrogens with zero attached hydrogens (tertiary/aromatic N) is 3. The summed E-state index contributed by atoms with van der Waals surface area (Å²) in [7, 11) is 1.75. The van der Waals surface area contributed by atoms with Crippen LogP contribution in [0.25, 0.3) is 5.69 Å². The quantitative estimate of drug-likeness (QED) is 0.562. The van der Waals surface area contributed by atoms with Gasteiger partial charge in [-0.25, -0.2) is 4.68 Å². The number of benzene rings is 1. The predicted octanol–water partition coefficient (Wildman–Crippen LogP) is 2.40. The number of anilines is 1. The average molecular weight is 449 g/mol. The maximum absolute atomic E-state index is 13.3. The van der Waals surface area contributed by atoms with E-state index in [1.807, 2.05) is 30.3 Å². The minimum absolute atomic E-state index is 0.0662. The third-order valence-electron chi connectivity index (χ3n) is 7.60.